The van der Waals surface area contributed by atoms with Crippen LogP contribution in [-0.4, -0.2) is 22.8 Å². The molecule has 2 aromatic rings. The van der Waals surface area contributed by atoms with E-state index in [0.717, 1.165) is 41.0 Å². The van der Waals surface area contributed by atoms with Gasteiger partial charge < -0.3 is 15.8 Å². The summed E-state index contributed by atoms with van der Waals surface area (Å²) in [4.78, 5) is 12.8. The molecule has 1 aliphatic rings. The van der Waals surface area contributed by atoms with E-state index in [4.69, 9.17) is 10.5 Å². The van der Waals surface area contributed by atoms with Crippen LogP contribution in [0.25, 0.3) is 0 Å². The summed E-state index contributed by atoms with van der Waals surface area (Å²) in [7, 11) is 3.52. The first-order valence-corrected chi connectivity index (χ1v) is 8.24. The topological polar surface area (TPSA) is 82.2 Å². The largest absolute Gasteiger partial charge is 0.496 e. The van der Waals surface area contributed by atoms with Gasteiger partial charge in [-0.05, 0) is 36.5 Å². The van der Waals surface area contributed by atoms with E-state index < -0.39 is 5.54 Å². The summed E-state index contributed by atoms with van der Waals surface area (Å²) in [5, 5.41) is 7.39. The minimum atomic E-state index is -1.00. The highest BCUT2D eigenvalue weighted by Crippen LogP contribution is 2.39. The van der Waals surface area contributed by atoms with Gasteiger partial charge in [0.15, 0.2) is 0 Å². The van der Waals surface area contributed by atoms with Gasteiger partial charge >= 0.3 is 0 Å². The standard InChI is InChI=1S/C18H24N4O2/c1-4-15-12(11-22(2)21-15)10-20-17(23)18(19)9-8-13-14(18)6-5-7-16(13)24-3/h5-7,11H,4,8-10,19H2,1-3H3,(H,20,23). The maximum absolute atomic E-state index is 12.8. The molecular formula is C18H24N4O2. The van der Waals surface area contributed by atoms with Gasteiger partial charge in [-0.3, -0.25) is 9.48 Å². The predicted molar refractivity (Wildman–Crippen MR) is 91.6 cm³/mol. The molecule has 1 atom stereocenters. The summed E-state index contributed by atoms with van der Waals surface area (Å²) < 4.78 is 7.17. The molecule has 0 spiro atoms. The Hall–Kier alpha value is -2.34. The molecule has 6 heteroatoms. The van der Waals surface area contributed by atoms with Crippen LogP contribution in [0.2, 0.25) is 0 Å². The summed E-state index contributed by atoms with van der Waals surface area (Å²) in [6.45, 7) is 2.49. The average molecular weight is 328 g/mol. The number of hydrogen-bond donors (Lipinski definition) is 2. The molecule has 3 rings (SSSR count). The molecule has 3 N–H and O–H groups in total. The van der Waals surface area contributed by atoms with Crippen molar-refractivity contribution in [2.75, 3.05) is 7.11 Å². The third kappa shape index (κ3) is 2.67. The van der Waals surface area contributed by atoms with Gasteiger partial charge in [0.1, 0.15) is 11.3 Å². The Morgan fingerprint density at radius 1 is 1.50 bits per heavy atom. The van der Waals surface area contributed by atoms with Crippen LogP contribution in [0, 0.1) is 0 Å². The summed E-state index contributed by atoms with van der Waals surface area (Å²) in [6.07, 6.45) is 4.10. The number of nitrogens with one attached hydrogen (secondary N) is 1. The van der Waals surface area contributed by atoms with Crippen LogP contribution in [0.4, 0.5) is 0 Å². The quantitative estimate of drug-likeness (QED) is 0.869. The Kier molecular flexibility index (Phi) is 4.32. The number of aromatic nitrogens is 2. The first-order valence-electron chi connectivity index (χ1n) is 8.24. The van der Waals surface area contributed by atoms with Crippen molar-refractivity contribution in [1.82, 2.24) is 15.1 Å². The van der Waals surface area contributed by atoms with E-state index >= 15 is 0 Å². The van der Waals surface area contributed by atoms with Crippen LogP contribution in [0.3, 0.4) is 0 Å². The maximum atomic E-state index is 12.8. The van der Waals surface area contributed by atoms with Crippen molar-refractivity contribution in [3.8, 4) is 5.75 Å². The molecule has 0 saturated carbocycles. The maximum Gasteiger partial charge on any atom is 0.244 e. The number of carbonyl (C=O) groups is 1. The van der Waals surface area contributed by atoms with Crippen molar-refractivity contribution in [3.05, 3.63) is 46.8 Å². The number of rotatable bonds is 5. The summed E-state index contributed by atoms with van der Waals surface area (Å²) in [5.74, 6) is 0.647. The van der Waals surface area contributed by atoms with Crippen LogP contribution in [0.1, 0.15) is 35.7 Å². The highest BCUT2D eigenvalue weighted by Gasteiger charge is 2.42. The van der Waals surface area contributed by atoms with E-state index in [2.05, 4.69) is 17.3 Å². The van der Waals surface area contributed by atoms with E-state index in [1.165, 1.54) is 0 Å². The van der Waals surface area contributed by atoms with Gasteiger partial charge in [-0.15, -0.1) is 0 Å². The minimum absolute atomic E-state index is 0.152. The molecule has 1 unspecified atom stereocenters. The van der Waals surface area contributed by atoms with Crippen molar-refractivity contribution >= 4 is 5.91 Å². The van der Waals surface area contributed by atoms with Crippen molar-refractivity contribution in [1.29, 1.82) is 0 Å². The lowest BCUT2D eigenvalue weighted by Gasteiger charge is -2.24. The normalized spacial score (nSPS) is 19.2. The number of aryl methyl sites for hydroxylation is 2. The van der Waals surface area contributed by atoms with Gasteiger partial charge in [0.25, 0.3) is 0 Å². The van der Waals surface area contributed by atoms with E-state index in [9.17, 15) is 4.79 Å². The number of hydrogen-bond acceptors (Lipinski definition) is 4. The van der Waals surface area contributed by atoms with Crippen LogP contribution in [0.5, 0.6) is 5.75 Å². The molecule has 24 heavy (non-hydrogen) atoms. The van der Waals surface area contributed by atoms with Gasteiger partial charge in [-0.25, -0.2) is 0 Å². The minimum Gasteiger partial charge on any atom is -0.496 e. The second kappa shape index (κ2) is 6.28. The highest BCUT2D eigenvalue weighted by molar-refractivity contribution is 5.89. The molecule has 0 radical (unpaired) electrons. The second-order valence-corrected chi connectivity index (χ2v) is 6.27. The number of methoxy groups -OCH3 is 1. The van der Waals surface area contributed by atoms with Gasteiger partial charge in [0.2, 0.25) is 5.91 Å². The van der Waals surface area contributed by atoms with E-state index in [0.29, 0.717) is 13.0 Å². The number of ether oxygens (including phenoxy) is 1. The molecule has 128 valence electrons. The highest BCUT2D eigenvalue weighted by atomic mass is 16.5. The zero-order valence-electron chi connectivity index (χ0n) is 14.4. The van der Waals surface area contributed by atoms with Gasteiger partial charge in [0.05, 0.1) is 12.8 Å². The molecule has 1 aliphatic carbocycles. The van der Waals surface area contributed by atoms with Crippen molar-refractivity contribution in [2.24, 2.45) is 12.8 Å². The smallest absolute Gasteiger partial charge is 0.244 e. The van der Waals surface area contributed by atoms with Crippen LogP contribution < -0.4 is 15.8 Å². The number of fused-ring (bicyclic) bond motifs is 1. The number of nitrogens with two attached hydrogens (primary N) is 1. The monoisotopic (exact) mass is 328 g/mol. The van der Waals surface area contributed by atoms with Crippen molar-refractivity contribution < 1.29 is 9.53 Å². The summed E-state index contributed by atoms with van der Waals surface area (Å²) in [6, 6.07) is 5.71. The molecule has 0 aliphatic heterocycles. The third-order valence-electron chi connectivity index (χ3n) is 4.77. The third-order valence-corrected chi connectivity index (χ3v) is 4.77. The molecular weight excluding hydrogens is 304 g/mol. The Morgan fingerprint density at radius 2 is 2.29 bits per heavy atom. The molecule has 0 saturated heterocycles. The number of nitrogens with zero attached hydrogens (tertiary/aromatic N) is 2. The Balaban J connectivity index is 1.79. The Bertz CT molecular complexity index is 768. The van der Waals surface area contributed by atoms with Crippen LogP contribution >= 0.6 is 0 Å². The molecule has 0 fully saturated rings. The molecule has 1 heterocycles. The lowest BCUT2D eigenvalue weighted by Crippen LogP contribution is -2.49. The van der Waals surface area contributed by atoms with Crippen LogP contribution in [-0.2, 0) is 36.8 Å². The van der Waals surface area contributed by atoms with Crippen molar-refractivity contribution in [2.45, 2.75) is 38.3 Å². The predicted octanol–water partition coefficient (Wildman–Crippen LogP) is 1.41. The zero-order valence-corrected chi connectivity index (χ0v) is 14.4. The number of amides is 1. The van der Waals surface area contributed by atoms with Gasteiger partial charge in [-0.1, -0.05) is 19.1 Å². The van der Waals surface area contributed by atoms with Crippen LogP contribution in [0.15, 0.2) is 24.4 Å². The van der Waals surface area contributed by atoms with E-state index in [1.807, 2.05) is 31.4 Å². The lowest BCUT2D eigenvalue weighted by molar-refractivity contribution is -0.126. The number of carbonyl (C=O) groups excluding carboxylic acids is 1. The zero-order chi connectivity index (χ0) is 17.3. The molecule has 6 nitrogen and oxygen atoms in total. The molecule has 0 bridgehead atoms. The lowest BCUT2D eigenvalue weighted by atomic mass is 9.91. The Morgan fingerprint density at radius 3 is 3.00 bits per heavy atom. The fourth-order valence-electron chi connectivity index (χ4n) is 3.49. The molecule has 1 aromatic carbocycles. The second-order valence-electron chi connectivity index (χ2n) is 6.27. The van der Waals surface area contributed by atoms with E-state index in [1.54, 1.807) is 11.8 Å². The molecule has 1 amide bonds. The fourth-order valence-corrected chi connectivity index (χ4v) is 3.49. The average Bonchev–Trinajstić information content (AvgIpc) is 3.13. The first-order chi connectivity index (χ1) is 11.5. The number of benzene rings is 1. The SMILES string of the molecule is CCc1nn(C)cc1CNC(=O)C1(N)CCc2c(OC)cccc21. The summed E-state index contributed by atoms with van der Waals surface area (Å²) >= 11 is 0. The van der Waals surface area contributed by atoms with Gasteiger partial charge in [0, 0.05) is 25.4 Å². The molecule has 1 aromatic heterocycles. The van der Waals surface area contributed by atoms with E-state index in [-0.39, 0.29) is 5.91 Å². The van der Waals surface area contributed by atoms with Gasteiger partial charge in [-0.2, -0.15) is 5.10 Å². The fraction of sp³-hybridized carbons (Fsp3) is 0.444. The van der Waals surface area contributed by atoms with Crippen molar-refractivity contribution in [3.63, 3.8) is 0 Å². The Labute approximate surface area is 142 Å². The first kappa shape index (κ1) is 16.5. The summed E-state index contributed by atoms with van der Waals surface area (Å²) in [5.41, 5.74) is 9.41.